The van der Waals surface area contributed by atoms with Gasteiger partial charge in [0.05, 0.1) is 4.90 Å². The van der Waals surface area contributed by atoms with E-state index in [1.165, 1.54) is 0 Å². The molecule has 0 radical (unpaired) electrons. The Morgan fingerprint density at radius 3 is 2.44 bits per heavy atom. The van der Waals surface area contributed by atoms with Crippen LogP contribution in [0.25, 0.3) is 10.8 Å². The minimum absolute atomic E-state index is 0.0705. The Morgan fingerprint density at radius 1 is 1.15 bits per heavy atom. The van der Waals surface area contributed by atoms with Crippen LogP contribution < -0.4 is 15.8 Å². The van der Waals surface area contributed by atoms with E-state index >= 15 is 0 Å². The molecule has 0 bridgehead atoms. The fourth-order valence-corrected chi connectivity index (χ4v) is 4.46. The number of benzene rings is 2. The average Bonchev–Trinajstić information content (AvgIpc) is 3.48. The summed E-state index contributed by atoms with van der Waals surface area (Å²) in [6.07, 6.45) is 2.19. The number of hydrogen-bond acceptors (Lipinski definition) is 4. The maximum Gasteiger partial charge on any atom is 0.241 e. The van der Waals surface area contributed by atoms with Crippen LogP contribution in [-0.4, -0.2) is 33.0 Å². The molecule has 3 rings (SSSR count). The largest absolute Gasteiger partial charge is 0.353 e. The van der Waals surface area contributed by atoms with Gasteiger partial charge in [-0.3, -0.25) is 4.79 Å². The molecule has 0 spiro atoms. The Balaban J connectivity index is 1.74. The van der Waals surface area contributed by atoms with E-state index in [4.69, 9.17) is 5.73 Å². The summed E-state index contributed by atoms with van der Waals surface area (Å²) in [7, 11) is -3.83. The van der Waals surface area contributed by atoms with Crippen LogP contribution in [0.15, 0.2) is 47.4 Å². The summed E-state index contributed by atoms with van der Waals surface area (Å²) >= 11 is 0. The molecule has 2 aromatic rings. The quantitative estimate of drug-likeness (QED) is 0.643. The average molecular weight is 390 g/mol. The van der Waals surface area contributed by atoms with Crippen LogP contribution >= 0.6 is 0 Å². The van der Waals surface area contributed by atoms with E-state index in [1.807, 2.05) is 38.1 Å². The Labute approximate surface area is 160 Å². The van der Waals surface area contributed by atoms with Crippen LogP contribution in [0.1, 0.15) is 26.7 Å². The molecule has 0 heterocycles. The van der Waals surface area contributed by atoms with E-state index in [2.05, 4.69) is 10.0 Å². The Bertz CT molecular complexity index is 923. The zero-order valence-corrected chi connectivity index (χ0v) is 16.5. The van der Waals surface area contributed by atoms with E-state index in [0.717, 1.165) is 23.6 Å². The summed E-state index contributed by atoms with van der Waals surface area (Å²) < 4.78 is 28.2. The molecule has 146 valence electrons. The second-order valence-electron chi connectivity index (χ2n) is 7.60. The summed E-state index contributed by atoms with van der Waals surface area (Å²) in [5.74, 6) is -0.0695. The highest BCUT2D eigenvalue weighted by molar-refractivity contribution is 7.89. The standard InChI is InChI=1S/C20H27N3O3S/c1-13(2)19(20(24)22-12-18(21)15-7-8-15)23-27(25,26)17-10-9-14-5-3-4-6-16(14)11-17/h3-6,9-11,13,15,18-19,23H,7-8,12,21H2,1-2H3,(H,22,24). The molecule has 27 heavy (non-hydrogen) atoms. The minimum Gasteiger partial charge on any atom is -0.353 e. The van der Waals surface area contributed by atoms with Crippen LogP contribution in [0.4, 0.5) is 0 Å². The third kappa shape index (κ3) is 4.86. The van der Waals surface area contributed by atoms with E-state index in [-0.39, 0.29) is 22.8 Å². The van der Waals surface area contributed by atoms with Gasteiger partial charge in [0.15, 0.2) is 0 Å². The lowest BCUT2D eigenvalue weighted by molar-refractivity contribution is -0.123. The molecule has 0 saturated heterocycles. The van der Waals surface area contributed by atoms with Gasteiger partial charge in [-0.05, 0) is 47.6 Å². The molecule has 6 nitrogen and oxygen atoms in total. The third-order valence-electron chi connectivity index (χ3n) is 5.00. The van der Waals surface area contributed by atoms with Crippen LogP contribution in [-0.2, 0) is 14.8 Å². The van der Waals surface area contributed by atoms with Gasteiger partial charge in [-0.15, -0.1) is 0 Å². The summed E-state index contributed by atoms with van der Waals surface area (Å²) in [5, 5.41) is 4.59. The van der Waals surface area contributed by atoms with Crippen molar-refractivity contribution in [1.29, 1.82) is 0 Å². The Kier molecular flexibility index (Phi) is 5.83. The molecule has 1 fully saturated rings. The highest BCUT2D eigenvalue weighted by Crippen LogP contribution is 2.31. The van der Waals surface area contributed by atoms with E-state index in [1.54, 1.807) is 18.2 Å². The molecule has 1 saturated carbocycles. The maximum absolute atomic E-state index is 12.8. The highest BCUT2D eigenvalue weighted by atomic mass is 32.2. The first-order valence-corrected chi connectivity index (χ1v) is 10.8. The molecule has 2 atom stereocenters. The molecule has 4 N–H and O–H groups in total. The summed E-state index contributed by atoms with van der Waals surface area (Å²) in [5.41, 5.74) is 6.02. The second kappa shape index (κ2) is 7.96. The molecule has 2 unspecified atom stereocenters. The number of fused-ring (bicyclic) bond motifs is 1. The summed E-state index contributed by atoms with van der Waals surface area (Å²) in [4.78, 5) is 12.7. The number of carbonyl (C=O) groups excluding carboxylic acids is 1. The van der Waals surface area contributed by atoms with Crippen molar-refractivity contribution < 1.29 is 13.2 Å². The zero-order chi connectivity index (χ0) is 19.6. The fourth-order valence-electron chi connectivity index (χ4n) is 3.08. The lowest BCUT2D eigenvalue weighted by atomic mass is 10.0. The molecule has 1 amide bonds. The smallest absolute Gasteiger partial charge is 0.241 e. The fraction of sp³-hybridized carbons (Fsp3) is 0.450. The number of rotatable bonds is 8. The predicted octanol–water partition coefficient (Wildman–Crippen LogP) is 2.00. The van der Waals surface area contributed by atoms with Gasteiger partial charge in [0.25, 0.3) is 0 Å². The van der Waals surface area contributed by atoms with Crippen molar-refractivity contribution in [3.63, 3.8) is 0 Å². The van der Waals surface area contributed by atoms with Crippen LogP contribution in [0.5, 0.6) is 0 Å². The topological polar surface area (TPSA) is 101 Å². The van der Waals surface area contributed by atoms with Gasteiger partial charge < -0.3 is 11.1 Å². The van der Waals surface area contributed by atoms with Crippen molar-refractivity contribution in [1.82, 2.24) is 10.0 Å². The first-order valence-electron chi connectivity index (χ1n) is 9.32. The van der Waals surface area contributed by atoms with E-state index in [0.29, 0.717) is 12.5 Å². The number of nitrogens with one attached hydrogen (secondary N) is 2. The maximum atomic E-state index is 12.8. The molecule has 1 aliphatic carbocycles. The number of sulfonamides is 1. The van der Waals surface area contributed by atoms with Gasteiger partial charge in [-0.25, -0.2) is 8.42 Å². The van der Waals surface area contributed by atoms with Gasteiger partial charge in [0, 0.05) is 12.6 Å². The lowest BCUT2D eigenvalue weighted by Gasteiger charge is -2.23. The van der Waals surface area contributed by atoms with Gasteiger partial charge in [-0.2, -0.15) is 4.72 Å². The number of hydrogen-bond donors (Lipinski definition) is 3. The Morgan fingerprint density at radius 2 is 1.81 bits per heavy atom. The van der Waals surface area contributed by atoms with Crippen LogP contribution in [0.2, 0.25) is 0 Å². The van der Waals surface area contributed by atoms with E-state index in [9.17, 15) is 13.2 Å². The molecule has 1 aliphatic rings. The Hall–Kier alpha value is -1.96. The number of nitrogens with two attached hydrogens (primary N) is 1. The van der Waals surface area contributed by atoms with Crippen molar-refractivity contribution in [2.45, 2.75) is 43.7 Å². The van der Waals surface area contributed by atoms with Crippen molar-refractivity contribution in [3.05, 3.63) is 42.5 Å². The molecular formula is C20H27N3O3S. The molecular weight excluding hydrogens is 362 g/mol. The van der Waals surface area contributed by atoms with Gasteiger partial charge >= 0.3 is 0 Å². The summed E-state index contributed by atoms with van der Waals surface area (Å²) in [6.45, 7) is 3.99. The lowest BCUT2D eigenvalue weighted by Crippen LogP contribution is -2.51. The number of carbonyl (C=O) groups is 1. The normalized spacial score (nSPS) is 17.0. The highest BCUT2D eigenvalue weighted by Gasteiger charge is 2.31. The van der Waals surface area contributed by atoms with Crippen LogP contribution in [0.3, 0.4) is 0 Å². The van der Waals surface area contributed by atoms with E-state index < -0.39 is 16.1 Å². The van der Waals surface area contributed by atoms with Crippen molar-refractivity contribution >= 4 is 26.7 Å². The molecule has 0 aliphatic heterocycles. The number of amides is 1. The zero-order valence-electron chi connectivity index (χ0n) is 15.7. The van der Waals surface area contributed by atoms with Crippen molar-refractivity contribution in [2.24, 2.45) is 17.6 Å². The summed E-state index contributed by atoms with van der Waals surface area (Å²) in [6, 6.07) is 11.6. The van der Waals surface area contributed by atoms with Crippen molar-refractivity contribution in [3.8, 4) is 0 Å². The van der Waals surface area contributed by atoms with Crippen molar-refractivity contribution in [2.75, 3.05) is 6.54 Å². The first-order chi connectivity index (χ1) is 12.8. The molecule has 0 aromatic heterocycles. The SMILES string of the molecule is CC(C)C(NS(=O)(=O)c1ccc2ccccc2c1)C(=O)NCC(N)C1CC1. The van der Waals surface area contributed by atoms with Crippen LogP contribution in [0, 0.1) is 11.8 Å². The molecule has 7 heteroatoms. The third-order valence-corrected chi connectivity index (χ3v) is 6.44. The second-order valence-corrected chi connectivity index (χ2v) is 9.31. The van der Waals surface area contributed by atoms with Gasteiger partial charge in [-0.1, -0.05) is 44.2 Å². The monoisotopic (exact) mass is 389 g/mol. The predicted molar refractivity (Wildman–Crippen MR) is 107 cm³/mol. The van der Waals surface area contributed by atoms with Gasteiger partial charge in [0.2, 0.25) is 15.9 Å². The first kappa shape index (κ1) is 19.8. The van der Waals surface area contributed by atoms with Gasteiger partial charge in [0.1, 0.15) is 6.04 Å². The molecule has 2 aromatic carbocycles. The minimum atomic E-state index is -3.83.